The molecule has 33 heavy (non-hydrogen) atoms. The number of ether oxygens (including phenoxy) is 1. The molecule has 2 amide bonds. The van der Waals surface area contributed by atoms with Gasteiger partial charge < -0.3 is 24.7 Å². The summed E-state index contributed by atoms with van der Waals surface area (Å²) in [5.41, 5.74) is 3.63. The summed E-state index contributed by atoms with van der Waals surface area (Å²) in [6.07, 6.45) is 5.25. The van der Waals surface area contributed by atoms with E-state index in [1.807, 2.05) is 6.07 Å². The Labute approximate surface area is 193 Å². The van der Waals surface area contributed by atoms with Crippen molar-refractivity contribution >= 4 is 12.0 Å². The molecule has 0 aromatic carbocycles. The monoisotopic (exact) mass is 454 g/mol. The van der Waals surface area contributed by atoms with Crippen LogP contribution in [0.5, 0.6) is 5.88 Å². The third kappa shape index (κ3) is 5.24. The van der Waals surface area contributed by atoms with E-state index in [2.05, 4.69) is 16.0 Å². The number of urea groups is 1. The number of hydrogen-bond acceptors (Lipinski definition) is 6. The van der Waals surface area contributed by atoms with E-state index in [4.69, 9.17) is 4.74 Å². The molecule has 176 valence electrons. The van der Waals surface area contributed by atoms with Gasteiger partial charge in [-0.3, -0.25) is 9.78 Å². The van der Waals surface area contributed by atoms with Gasteiger partial charge in [0.1, 0.15) is 0 Å². The van der Waals surface area contributed by atoms with Gasteiger partial charge in [0.25, 0.3) is 0 Å². The van der Waals surface area contributed by atoms with Crippen LogP contribution in [0.2, 0.25) is 0 Å². The van der Waals surface area contributed by atoms with Crippen LogP contribution in [0.15, 0.2) is 30.5 Å². The van der Waals surface area contributed by atoms with E-state index in [-0.39, 0.29) is 12.5 Å². The maximum absolute atomic E-state index is 13.1. The van der Waals surface area contributed by atoms with Crippen LogP contribution >= 0.6 is 0 Å². The number of methoxy groups -OCH3 is 1. The number of amides is 2. The SMILES string of the molecule is COc1ccc([C@H](CC(=O)O)N2CCN(CC[C@H](O)c3ccc4c(n3)CCCC4)C2=O)cn1. The number of rotatable bonds is 9. The first-order valence-electron chi connectivity index (χ1n) is 11.4. The minimum atomic E-state index is -0.990. The molecule has 2 aromatic heterocycles. The van der Waals surface area contributed by atoms with Crippen LogP contribution in [0.25, 0.3) is 0 Å². The van der Waals surface area contributed by atoms with E-state index in [1.165, 1.54) is 19.1 Å². The zero-order valence-electron chi connectivity index (χ0n) is 18.8. The molecule has 2 atom stereocenters. The molecular weight excluding hydrogens is 424 g/mol. The largest absolute Gasteiger partial charge is 0.481 e. The van der Waals surface area contributed by atoms with Crippen molar-refractivity contribution in [3.63, 3.8) is 0 Å². The molecule has 3 heterocycles. The highest BCUT2D eigenvalue weighted by atomic mass is 16.5. The predicted octanol–water partition coefficient (Wildman–Crippen LogP) is 2.74. The van der Waals surface area contributed by atoms with Crippen LogP contribution in [0.3, 0.4) is 0 Å². The van der Waals surface area contributed by atoms with E-state index < -0.39 is 18.1 Å². The van der Waals surface area contributed by atoms with Gasteiger partial charge in [0.2, 0.25) is 5.88 Å². The molecule has 0 radical (unpaired) electrons. The van der Waals surface area contributed by atoms with Crippen molar-refractivity contribution in [2.45, 2.75) is 50.7 Å². The Morgan fingerprint density at radius 2 is 2.00 bits per heavy atom. The number of aryl methyl sites for hydroxylation is 2. The van der Waals surface area contributed by atoms with Crippen LogP contribution < -0.4 is 4.74 Å². The number of fused-ring (bicyclic) bond motifs is 1. The second-order valence-corrected chi connectivity index (χ2v) is 8.56. The number of carbonyl (C=O) groups is 2. The van der Waals surface area contributed by atoms with Crippen LogP contribution in [0.1, 0.15) is 60.3 Å². The molecule has 0 bridgehead atoms. The number of pyridine rings is 2. The van der Waals surface area contributed by atoms with Gasteiger partial charge in [-0.1, -0.05) is 12.1 Å². The second kappa shape index (κ2) is 10.2. The van der Waals surface area contributed by atoms with Crippen molar-refractivity contribution in [2.75, 3.05) is 26.7 Å². The lowest BCUT2D eigenvalue weighted by atomic mass is 9.95. The van der Waals surface area contributed by atoms with Crippen molar-refractivity contribution in [3.05, 3.63) is 53.0 Å². The first-order chi connectivity index (χ1) is 16.0. The van der Waals surface area contributed by atoms with Crippen molar-refractivity contribution < 1.29 is 24.5 Å². The molecule has 2 aliphatic rings. The molecule has 4 rings (SSSR count). The summed E-state index contributed by atoms with van der Waals surface area (Å²) in [7, 11) is 1.51. The Morgan fingerprint density at radius 3 is 2.73 bits per heavy atom. The van der Waals surface area contributed by atoms with Crippen molar-refractivity contribution in [1.82, 2.24) is 19.8 Å². The summed E-state index contributed by atoms with van der Waals surface area (Å²) >= 11 is 0. The Hall–Kier alpha value is -3.20. The fourth-order valence-electron chi connectivity index (χ4n) is 4.59. The predicted molar refractivity (Wildman–Crippen MR) is 120 cm³/mol. The third-order valence-corrected chi connectivity index (χ3v) is 6.44. The minimum absolute atomic E-state index is 0.213. The highest BCUT2D eigenvalue weighted by molar-refractivity contribution is 5.78. The van der Waals surface area contributed by atoms with Gasteiger partial charge in [-0.15, -0.1) is 0 Å². The lowest BCUT2D eigenvalue weighted by Gasteiger charge is -2.27. The Morgan fingerprint density at radius 1 is 1.18 bits per heavy atom. The fourth-order valence-corrected chi connectivity index (χ4v) is 4.59. The van der Waals surface area contributed by atoms with Gasteiger partial charge in [0.05, 0.1) is 31.4 Å². The second-order valence-electron chi connectivity index (χ2n) is 8.56. The van der Waals surface area contributed by atoms with E-state index in [0.29, 0.717) is 43.2 Å². The topological polar surface area (TPSA) is 116 Å². The summed E-state index contributed by atoms with van der Waals surface area (Å²) in [5.74, 6) is -0.567. The molecule has 9 nitrogen and oxygen atoms in total. The number of aliphatic hydroxyl groups is 1. The molecule has 0 spiro atoms. The number of aliphatic hydroxyl groups excluding tert-OH is 1. The fraction of sp³-hybridized carbons (Fsp3) is 0.500. The molecular formula is C24H30N4O5. The molecule has 1 fully saturated rings. The van der Waals surface area contributed by atoms with Crippen LogP contribution in [-0.4, -0.2) is 68.7 Å². The van der Waals surface area contributed by atoms with Gasteiger partial charge in [0.15, 0.2) is 0 Å². The van der Waals surface area contributed by atoms with Crippen LogP contribution in [0, 0.1) is 0 Å². The maximum atomic E-state index is 13.1. The minimum Gasteiger partial charge on any atom is -0.481 e. The lowest BCUT2D eigenvalue weighted by molar-refractivity contribution is -0.138. The first-order valence-corrected chi connectivity index (χ1v) is 11.4. The lowest BCUT2D eigenvalue weighted by Crippen LogP contribution is -2.36. The number of carboxylic acid groups (broad SMARTS) is 1. The zero-order chi connectivity index (χ0) is 23.4. The van der Waals surface area contributed by atoms with Gasteiger partial charge in [0, 0.05) is 37.6 Å². The molecule has 1 aliphatic carbocycles. The van der Waals surface area contributed by atoms with Crippen molar-refractivity contribution in [2.24, 2.45) is 0 Å². The number of nitrogens with zero attached hydrogens (tertiary/aromatic N) is 4. The molecule has 1 aliphatic heterocycles. The smallest absolute Gasteiger partial charge is 0.320 e. The highest BCUT2D eigenvalue weighted by Gasteiger charge is 2.36. The number of hydrogen-bond donors (Lipinski definition) is 2. The quantitative estimate of drug-likeness (QED) is 0.598. The van der Waals surface area contributed by atoms with Crippen LogP contribution in [0.4, 0.5) is 4.79 Å². The molecule has 2 aromatic rings. The highest BCUT2D eigenvalue weighted by Crippen LogP contribution is 2.29. The maximum Gasteiger partial charge on any atom is 0.320 e. The molecule has 1 saturated heterocycles. The first kappa shape index (κ1) is 23.0. The normalized spacial score (nSPS) is 17.6. The van der Waals surface area contributed by atoms with Gasteiger partial charge in [-0.25, -0.2) is 9.78 Å². The summed E-state index contributed by atoms with van der Waals surface area (Å²) in [5, 5.41) is 20.1. The van der Waals surface area contributed by atoms with Crippen molar-refractivity contribution in [3.8, 4) is 5.88 Å². The van der Waals surface area contributed by atoms with Gasteiger partial charge in [-0.05, 0) is 49.3 Å². The molecule has 0 unspecified atom stereocenters. The number of aromatic nitrogens is 2. The van der Waals surface area contributed by atoms with E-state index in [9.17, 15) is 19.8 Å². The number of aliphatic carboxylic acids is 1. The third-order valence-electron chi connectivity index (χ3n) is 6.44. The number of carbonyl (C=O) groups excluding carboxylic acids is 1. The Bertz CT molecular complexity index is 997. The molecule has 9 heteroatoms. The van der Waals surface area contributed by atoms with Gasteiger partial charge in [-0.2, -0.15) is 0 Å². The Balaban J connectivity index is 1.40. The van der Waals surface area contributed by atoms with E-state index in [0.717, 1.165) is 25.0 Å². The van der Waals surface area contributed by atoms with E-state index >= 15 is 0 Å². The van der Waals surface area contributed by atoms with E-state index in [1.54, 1.807) is 28.1 Å². The summed E-state index contributed by atoms with van der Waals surface area (Å²) in [6.45, 7) is 1.26. The standard InChI is InChI=1S/C24H30N4O5/c1-33-22-9-7-17(15-25-22)20(14-23(30)31)28-13-12-27(24(28)32)11-10-21(29)19-8-6-16-4-2-3-5-18(16)26-19/h6-9,15,20-21,29H,2-5,10-14H2,1H3,(H,30,31)/t20-,21-/m0/s1. The van der Waals surface area contributed by atoms with Crippen molar-refractivity contribution in [1.29, 1.82) is 0 Å². The number of carboxylic acids is 1. The summed E-state index contributed by atoms with van der Waals surface area (Å²) in [4.78, 5) is 36.6. The Kier molecular flexibility index (Phi) is 7.08. The average Bonchev–Trinajstić information content (AvgIpc) is 3.20. The average molecular weight is 455 g/mol. The molecule has 0 saturated carbocycles. The van der Waals surface area contributed by atoms with Gasteiger partial charge >= 0.3 is 12.0 Å². The van der Waals surface area contributed by atoms with Crippen LogP contribution in [-0.2, 0) is 17.6 Å². The molecule has 2 N–H and O–H groups in total. The zero-order valence-corrected chi connectivity index (χ0v) is 18.8. The summed E-state index contributed by atoms with van der Waals surface area (Å²) < 4.78 is 5.07. The summed E-state index contributed by atoms with van der Waals surface area (Å²) in [6, 6.07) is 6.48.